The van der Waals surface area contributed by atoms with Gasteiger partial charge in [0.25, 0.3) is 0 Å². The lowest BCUT2D eigenvalue weighted by molar-refractivity contribution is -0.151. The summed E-state index contributed by atoms with van der Waals surface area (Å²) < 4.78 is 4.79. The van der Waals surface area contributed by atoms with Gasteiger partial charge in [0.15, 0.2) is 0 Å². The van der Waals surface area contributed by atoms with E-state index in [1.165, 1.54) is 4.90 Å². The maximum Gasteiger partial charge on any atom is 0.307 e. The number of ether oxygens (including phenoxy) is 1. The number of carboxylic acid groups (broad SMARTS) is 1. The van der Waals surface area contributed by atoms with Gasteiger partial charge in [-0.1, -0.05) is 12.2 Å². The molecule has 1 N–H and O–H groups in total. The Hall–Kier alpha value is -1.85. The van der Waals surface area contributed by atoms with Crippen LogP contribution in [-0.4, -0.2) is 48.1 Å². The summed E-state index contributed by atoms with van der Waals surface area (Å²) in [6.07, 6.45) is 4.55. The van der Waals surface area contributed by atoms with Crippen molar-refractivity contribution < 1.29 is 24.2 Å². The van der Waals surface area contributed by atoms with Crippen molar-refractivity contribution in [1.29, 1.82) is 0 Å². The zero-order valence-corrected chi connectivity index (χ0v) is 11.9. The minimum atomic E-state index is -0.952. The van der Waals surface area contributed by atoms with Crippen LogP contribution in [0.3, 0.4) is 0 Å². The van der Waals surface area contributed by atoms with Crippen LogP contribution < -0.4 is 0 Å². The van der Waals surface area contributed by atoms with Crippen molar-refractivity contribution >= 4 is 17.8 Å². The van der Waals surface area contributed by atoms with Crippen molar-refractivity contribution in [2.24, 2.45) is 11.8 Å². The molecule has 2 atom stereocenters. The molecule has 0 spiro atoms. The SMILES string of the molecule is CCOC(=O)CCN(C)C(=O)[C@@H]1CC=CC[C@@H]1C(=O)O. The summed E-state index contributed by atoms with van der Waals surface area (Å²) in [6.45, 7) is 2.27. The van der Waals surface area contributed by atoms with Gasteiger partial charge < -0.3 is 14.7 Å². The van der Waals surface area contributed by atoms with Crippen molar-refractivity contribution in [3.05, 3.63) is 12.2 Å². The Balaban J connectivity index is 2.56. The Morgan fingerprint density at radius 1 is 1.25 bits per heavy atom. The number of hydrogen-bond donors (Lipinski definition) is 1. The summed E-state index contributed by atoms with van der Waals surface area (Å²) in [4.78, 5) is 36.1. The second-order valence-electron chi connectivity index (χ2n) is 4.81. The van der Waals surface area contributed by atoms with Crippen molar-refractivity contribution in [3.63, 3.8) is 0 Å². The lowest BCUT2D eigenvalue weighted by atomic mass is 9.82. The molecular formula is C14H21NO5. The molecule has 0 aliphatic heterocycles. The number of esters is 1. The number of rotatable bonds is 6. The Morgan fingerprint density at radius 2 is 1.85 bits per heavy atom. The van der Waals surface area contributed by atoms with Crippen LogP contribution in [0.2, 0.25) is 0 Å². The molecular weight excluding hydrogens is 262 g/mol. The zero-order chi connectivity index (χ0) is 15.1. The average molecular weight is 283 g/mol. The van der Waals surface area contributed by atoms with Crippen LogP contribution in [-0.2, 0) is 19.1 Å². The van der Waals surface area contributed by atoms with E-state index in [4.69, 9.17) is 9.84 Å². The first kappa shape index (κ1) is 16.2. The summed E-state index contributed by atoms with van der Waals surface area (Å²) in [7, 11) is 1.58. The minimum absolute atomic E-state index is 0.121. The molecule has 0 saturated heterocycles. The first-order chi connectivity index (χ1) is 9.47. The third-order valence-electron chi connectivity index (χ3n) is 3.40. The Kier molecular flexibility index (Phi) is 6.21. The molecule has 0 fully saturated rings. The van der Waals surface area contributed by atoms with Gasteiger partial charge in [-0.2, -0.15) is 0 Å². The molecule has 112 valence electrons. The highest BCUT2D eigenvalue weighted by Crippen LogP contribution is 2.27. The third kappa shape index (κ3) is 4.36. The second kappa shape index (κ2) is 7.67. The number of carboxylic acids is 1. The molecule has 1 aliphatic carbocycles. The van der Waals surface area contributed by atoms with Gasteiger partial charge in [0.05, 0.1) is 24.9 Å². The van der Waals surface area contributed by atoms with Gasteiger partial charge in [-0.05, 0) is 19.8 Å². The lowest BCUT2D eigenvalue weighted by Crippen LogP contribution is -2.40. The van der Waals surface area contributed by atoms with Crippen LogP contribution in [0, 0.1) is 11.8 Å². The first-order valence-corrected chi connectivity index (χ1v) is 6.75. The van der Waals surface area contributed by atoms with E-state index >= 15 is 0 Å². The van der Waals surface area contributed by atoms with Gasteiger partial charge in [0.2, 0.25) is 5.91 Å². The normalized spacial score (nSPS) is 21.3. The van der Waals surface area contributed by atoms with Gasteiger partial charge >= 0.3 is 11.9 Å². The molecule has 0 unspecified atom stereocenters. The average Bonchev–Trinajstić information content (AvgIpc) is 2.44. The van der Waals surface area contributed by atoms with E-state index in [-0.39, 0.29) is 24.8 Å². The predicted molar refractivity (Wildman–Crippen MR) is 71.9 cm³/mol. The predicted octanol–water partition coefficient (Wildman–Crippen LogP) is 1.07. The van der Waals surface area contributed by atoms with E-state index < -0.39 is 17.8 Å². The van der Waals surface area contributed by atoms with Crippen molar-refractivity contribution in [1.82, 2.24) is 4.90 Å². The molecule has 1 aliphatic rings. The molecule has 6 heteroatoms. The molecule has 6 nitrogen and oxygen atoms in total. The highest BCUT2D eigenvalue weighted by atomic mass is 16.5. The Labute approximate surface area is 118 Å². The molecule has 20 heavy (non-hydrogen) atoms. The molecule has 0 aromatic rings. The van der Waals surface area contributed by atoms with Crippen molar-refractivity contribution in [3.8, 4) is 0 Å². The molecule has 0 aromatic heterocycles. The summed E-state index contributed by atoms with van der Waals surface area (Å²) in [5, 5.41) is 9.15. The van der Waals surface area contributed by atoms with Crippen LogP contribution in [0.4, 0.5) is 0 Å². The summed E-state index contributed by atoms with van der Waals surface area (Å²) in [6, 6.07) is 0. The van der Waals surface area contributed by atoms with E-state index in [0.717, 1.165) is 0 Å². The van der Waals surface area contributed by atoms with Crippen LogP contribution >= 0.6 is 0 Å². The topological polar surface area (TPSA) is 83.9 Å². The summed E-state index contributed by atoms with van der Waals surface area (Å²) >= 11 is 0. The minimum Gasteiger partial charge on any atom is -0.481 e. The van der Waals surface area contributed by atoms with Gasteiger partial charge in [-0.15, -0.1) is 0 Å². The Morgan fingerprint density at radius 3 is 2.40 bits per heavy atom. The number of hydrogen-bond acceptors (Lipinski definition) is 4. The molecule has 0 aromatic carbocycles. The van der Waals surface area contributed by atoms with E-state index in [1.54, 1.807) is 20.0 Å². The number of carbonyl (C=O) groups is 3. The number of amides is 1. The standard InChI is InChI=1S/C14H21NO5/c1-3-20-12(16)8-9-15(2)13(17)10-6-4-5-7-11(10)14(18)19/h4-5,10-11H,3,6-9H2,1-2H3,(H,18,19)/t10-,11+/m1/s1. The van der Waals surface area contributed by atoms with Crippen LogP contribution in [0.15, 0.2) is 12.2 Å². The maximum atomic E-state index is 12.3. The van der Waals surface area contributed by atoms with Gasteiger partial charge in [-0.3, -0.25) is 14.4 Å². The summed E-state index contributed by atoms with van der Waals surface area (Å²) in [5.74, 6) is -2.77. The van der Waals surface area contributed by atoms with Crippen LogP contribution in [0.1, 0.15) is 26.2 Å². The fourth-order valence-electron chi connectivity index (χ4n) is 2.25. The monoisotopic (exact) mass is 283 g/mol. The van der Waals surface area contributed by atoms with Crippen LogP contribution in [0.5, 0.6) is 0 Å². The third-order valence-corrected chi connectivity index (χ3v) is 3.40. The van der Waals surface area contributed by atoms with E-state index in [2.05, 4.69) is 0 Å². The van der Waals surface area contributed by atoms with E-state index in [1.807, 2.05) is 6.08 Å². The van der Waals surface area contributed by atoms with Gasteiger partial charge in [0, 0.05) is 13.6 Å². The largest absolute Gasteiger partial charge is 0.481 e. The van der Waals surface area contributed by atoms with Crippen LogP contribution in [0.25, 0.3) is 0 Å². The smallest absolute Gasteiger partial charge is 0.307 e. The highest BCUT2D eigenvalue weighted by molar-refractivity contribution is 5.85. The lowest BCUT2D eigenvalue weighted by Gasteiger charge is -2.28. The number of nitrogens with zero attached hydrogens (tertiary/aromatic N) is 1. The maximum absolute atomic E-state index is 12.3. The number of aliphatic carboxylic acids is 1. The van der Waals surface area contributed by atoms with Gasteiger partial charge in [-0.25, -0.2) is 0 Å². The molecule has 0 radical (unpaired) electrons. The van der Waals surface area contributed by atoms with E-state index in [0.29, 0.717) is 19.4 Å². The highest BCUT2D eigenvalue weighted by Gasteiger charge is 2.35. The van der Waals surface area contributed by atoms with E-state index in [9.17, 15) is 14.4 Å². The first-order valence-electron chi connectivity index (χ1n) is 6.75. The van der Waals surface area contributed by atoms with Gasteiger partial charge in [0.1, 0.15) is 0 Å². The molecule has 1 rings (SSSR count). The molecule has 1 amide bonds. The number of allylic oxidation sites excluding steroid dienone is 2. The Bertz CT molecular complexity index is 404. The zero-order valence-electron chi connectivity index (χ0n) is 11.9. The quantitative estimate of drug-likeness (QED) is 0.582. The van der Waals surface area contributed by atoms with Crippen molar-refractivity contribution in [2.75, 3.05) is 20.2 Å². The number of carbonyl (C=O) groups excluding carboxylic acids is 2. The molecule has 0 bridgehead atoms. The summed E-state index contributed by atoms with van der Waals surface area (Å²) in [5.41, 5.74) is 0. The van der Waals surface area contributed by atoms with Crippen molar-refractivity contribution in [2.45, 2.75) is 26.2 Å². The second-order valence-corrected chi connectivity index (χ2v) is 4.81. The molecule has 0 saturated carbocycles. The fourth-order valence-corrected chi connectivity index (χ4v) is 2.25. The molecule has 0 heterocycles. The fraction of sp³-hybridized carbons (Fsp3) is 0.643.